The van der Waals surface area contributed by atoms with E-state index in [1.165, 1.54) is 6.42 Å². The molecule has 1 N–H and O–H groups in total. The minimum atomic E-state index is -0.0519. The fourth-order valence-corrected chi connectivity index (χ4v) is 3.18. The normalized spacial score (nSPS) is 22.6. The molecule has 2 aliphatic rings. The summed E-state index contributed by atoms with van der Waals surface area (Å²) in [5.41, 5.74) is -0.0519. The Labute approximate surface area is 138 Å². The average molecular weight is 316 g/mol. The van der Waals surface area contributed by atoms with Gasteiger partial charge in [-0.2, -0.15) is 0 Å². The summed E-state index contributed by atoms with van der Waals surface area (Å²) in [5, 5.41) is 3.24. The SMILES string of the molecule is CC(C)(C)c1nccc(N2CCCC(NC(=O)C3CCC3)C2)n1. The molecule has 23 heavy (non-hydrogen) atoms. The third-order valence-corrected chi connectivity index (χ3v) is 4.88. The third-order valence-electron chi connectivity index (χ3n) is 4.88. The zero-order valence-corrected chi connectivity index (χ0v) is 14.5. The van der Waals surface area contributed by atoms with Crippen LogP contribution in [-0.4, -0.2) is 35.0 Å². The molecule has 5 nitrogen and oxygen atoms in total. The lowest BCUT2D eigenvalue weighted by Crippen LogP contribution is -2.50. The summed E-state index contributed by atoms with van der Waals surface area (Å²) >= 11 is 0. The Morgan fingerprint density at radius 1 is 1.26 bits per heavy atom. The van der Waals surface area contributed by atoms with Crippen molar-refractivity contribution in [2.75, 3.05) is 18.0 Å². The molecule has 2 heterocycles. The summed E-state index contributed by atoms with van der Waals surface area (Å²) in [6, 6.07) is 2.22. The maximum atomic E-state index is 12.2. The molecular formula is C18H28N4O. The lowest BCUT2D eigenvalue weighted by Gasteiger charge is -2.36. The van der Waals surface area contributed by atoms with E-state index in [0.717, 1.165) is 50.4 Å². The van der Waals surface area contributed by atoms with Gasteiger partial charge in [-0.15, -0.1) is 0 Å². The number of nitrogens with one attached hydrogen (secondary N) is 1. The van der Waals surface area contributed by atoms with E-state index in [0.29, 0.717) is 0 Å². The first-order valence-electron chi connectivity index (χ1n) is 8.82. The number of nitrogens with zero attached hydrogens (tertiary/aromatic N) is 3. The van der Waals surface area contributed by atoms with Gasteiger partial charge in [-0.1, -0.05) is 27.2 Å². The molecule has 0 radical (unpaired) electrons. The van der Waals surface area contributed by atoms with Crippen LogP contribution in [0.5, 0.6) is 0 Å². The monoisotopic (exact) mass is 316 g/mol. The lowest BCUT2D eigenvalue weighted by atomic mass is 9.84. The topological polar surface area (TPSA) is 58.1 Å². The van der Waals surface area contributed by atoms with E-state index < -0.39 is 0 Å². The summed E-state index contributed by atoms with van der Waals surface area (Å²) in [7, 11) is 0. The summed E-state index contributed by atoms with van der Waals surface area (Å²) in [6.45, 7) is 8.23. The van der Waals surface area contributed by atoms with Crippen LogP contribution in [0.3, 0.4) is 0 Å². The fraction of sp³-hybridized carbons (Fsp3) is 0.722. The highest BCUT2D eigenvalue weighted by atomic mass is 16.2. The molecular weight excluding hydrogens is 288 g/mol. The quantitative estimate of drug-likeness (QED) is 0.931. The van der Waals surface area contributed by atoms with Crippen molar-refractivity contribution in [1.29, 1.82) is 0 Å². The Balaban J connectivity index is 1.65. The first kappa shape index (κ1) is 16.2. The highest BCUT2D eigenvalue weighted by molar-refractivity contribution is 5.79. The Hall–Kier alpha value is -1.65. The first-order chi connectivity index (χ1) is 10.9. The van der Waals surface area contributed by atoms with Crippen molar-refractivity contribution in [1.82, 2.24) is 15.3 Å². The van der Waals surface area contributed by atoms with Crippen molar-refractivity contribution in [3.8, 4) is 0 Å². The largest absolute Gasteiger partial charge is 0.354 e. The van der Waals surface area contributed by atoms with E-state index in [2.05, 4.69) is 36.0 Å². The smallest absolute Gasteiger partial charge is 0.223 e. The van der Waals surface area contributed by atoms with Gasteiger partial charge in [-0.05, 0) is 31.7 Å². The molecule has 1 aliphatic carbocycles. The van der Waals surface area contributed by atoms with Crippen molar-refractivity contribution in [2.45, 2.75) is 64.3 Å². The Morgan fingerprint density at radius 3 is 2.70 bits per heavy atom. The van der Waals surface area contributed by atoms with Crippen LogP contribution in [0.4, 0.5) is 5.82 Å². The molecule has 5 heteroatoms. The number of anilines is 1. The van der Waals surface area contributed by atoms with Gasteiger partial charge in [0.2, 0.25) is 5.91 Å². The molecule has 1 aliphatic heterocycles. The summed E-state index contributed by atoms with van der Waals surface area (Å²) in [6.07, 6.45) is 7.31. The molecule has 2 fully saturated rings. The van der Waals surface area contributed by atoms with E-state index in [4.69, 9.17) is 4.98 Å². The van der Waals surface area contributed by atoms with Crippen LogP contribution in [0.25, 0.3) is 0 Å². The van der Waals surface area contributed by atoms with Crippen LogP contribution in [-0.2, 0) is 10.2 Å². The number of carbonyl (C=O) groups is 1. The van der Waals surface area contributed by atoms with Crippen LogP contribution < -0.4 is 10.2 Å². The molecule has 1 amide bonds. The molecule has 3 rings (SSSR count). The van der Waals surface area contributed by atoms with Crippen LogP contribution in [0.15, 0.2) is 12.3 Å². The van der Waals surface area contributed by atoms with Crippen molar-refractivity contribution >= 4 is 11.7 Å². The predicted molar refractivity (Wildman–Crippen MR) is 91.5 cm³/mol. The van der Waals surface area contributed by atoms with Gasteiger partial charge in [-0.3, -0.25) is 4.79 Å². The van der Waals surface area contributed by atoms with Crippen molar-refractivity contribution in [3.05, 3.63) is 18.1 Å². The number of amides is 1. The van der Waals surface area contributed by atoms with E-state index in [1.54, 1.807) is 0 Å². The minimum absolute atomic E-state index is 0.0519. The maximum absolute atomic E-state index is 12.2. The van der Waals surface area contributed by atoms with E-state index in [9.17, 15) is 4.79 Å². The minimum Gasteiger partial charge on any atom is -0.354 e. The molecule has 0 bridgehead atoms. The van der Waals surface area contributed by atoms with Gasteiger partial charge >= 0.3 is 0 Å². The summed E-state index contributed by atoms with van der Waals surface area (Å²) in [5.74, 6) is 2.36. The number of carbonyl (C=O) groups excluding carboxylic acids is 1. The molecule has 1 aromatic rings. The van der Waals surface area contributed by atoms with E-state index in [1.807, 2.05) is 12.3 Å². The number of rotatable bonds is 3. The Bertz CT molecular complexity index is 562. The van der Waals surface area contributed by atoms with Crippen molar-refractivity contribution < 1.29 is 4.79 Å². The highest BCUT2D eigenvalue weighted by Crippen LogP contribution is 2.27. The lowest BCUT2D eigenvalue weighted by molar-refractivity contribution is -0.128. The second-order valence-electron chi connectivity index (χ2n) is 7.91. The van der Waals surface area contributed by atoms with Crippen LogP contribution in [0.1, 0.15) is 58.7 Å². The van der Waals surface area contributed by atoms with Crippen LogP contribution in [0.2, 0.25) is 0 Å². The van der Waals surface area contributed by atoms with Crippen molar-refractivity contribution in [3.63, 3.8) is 0 Å². The molecule has 1 unspecified atom stereocenters. The molecule has 0 spiro atoms. The summed E-state index contributed by atoms with van der Waals surface area (Å²) in [4.78, 5) is 23.6. The van der Waals surface area contributed by atoms with Gasteiger partial charge in [0.25, 0.3) is 0 Å². The number of hydrogen-bond acceptors (Lipinski definition) is 4. The Morgan fingerprint density at radius 2 is 2.04 bits per heavy atom. The highest BCUT2D eigenvalue weighted by Gasteiger charge is 2.29. The molecule has 1 aromatic heterocycles. The zero-order chi connectivity index (χ0) is 16.4. The van der Waals surface area contributed by atoms with Gasteiger partial charge in [0.15, 0.2) is 0 Å². The number of piperidine rings is 1. The molecule has 1 saturated heterocycles. The predicted octanol–water partition coefficient (Wildman–Crippen LogP) is 2.66. The van der Waals surface area contributed by atoms with E-state index >= 15 is 0 Å². The average Bonchev–Trinajstić information content (AvgIpc) is 2.45. The van der Waals surface area contributed by atoms with Crippen molar-refractivity contribution in [2.24, 2.45) is 5.92 Å². The molecule has 1 saturated carbocycles. The fourth-order valence-electron chi connectivity index (χ4n) is 3.18. The number of aromatic nitrogens is 2. The molecule has 1 atom stereocenters. The van der Waals surface area contributed by atoms with Gasteiger partial charge in [0, 0.05) is 36.7 Å². The first-order valence-corrected chi connectivity index (χ1v) is 8.82. The standard InChI is InChI=1S/C18H28N4O/c1-18(2,3)17-19-10-9-15(21-17)22-11-5-8-14(12-22)20-16(23)13-6-4-7-13/h9-10,13-14H,4-8,11-12H2,1-3H3,(H,20,23). The Kier molecular flexibility index (Phi) is 4.55. The second-order valence-corrected chi connectivity index (χ2v) is 7.91. The van der Waals surface area contributed by atoms with Crippen LogP contribution in [0, 0.1) is 5.92 Å². The van der Waals surface area contributed by atoms with Crippen LogP contribution >= 0.6 is 0 Å². The van der Waals surface area contributed by atoms with Gasteiger partial charge in [0.1, 0.15) is 11.6 Å². The number of hydrogen-bond donors (Lipinski definition) is 1. The zero-order valence-electron chi connectivity index (χ0n) is 14.5. The summed E-state index contributed by atoms with van der Waals surface area (Å²) < 4.78 is 0. The van der Waals surface area contributed by atoms with Gasteiger partial charge in [-0.25, -0.2) is 9.97 Å². The molecule has 126 valence electrons. The maximum Gasteiger partial charge on any atom is 0.223 e. The van der Waals surface area contributed by atoms with Gasteiger partial charge in [0.05, 0.1) is 0 Å². The van der Waals surface area contributed by atoms with Gasteiger partial charge < -0.3 is 10.2 Å². The molecule has 0 aromatic carbocycles. The third kappa shape index (κ3) is 3.82. The van der Waals surface area contributed by atoms with E-state index in [-0.39, 0.29) is 23.3 Å². The second kappa shape index (κ2) is 6.46.